The van der Waals surface area contributed by atoms with E-state index in [0.717, 1.165) is 0 Å². The molecule has 0 fully saturated rings. The van der Waals surface area contributed by atoms with Gasteiger partial charge in [-0.05, 0) is 13.3 Å². The number of ketones is 1. The molecule has 0 aliphatic carbocycles. The van der Waals surface area contributed by atoms with Gasteiger partial charge in [0.15, 0.2) is 12.4 Å². The Labute approximate surface area is 153 Å². The van der Waals surface area contributed by atoms with Crippen LogP contribution in [0.1, 0.15) is 30.1 Å². The van der Waals surface area contributed by atoms with E-state index < -0.39 is 17.5 Å². The van der Waals surface area contributed by atoms with Crippen LogP contribution in [0.25, 0.3) is 0 Å². The molecule has 6 nitrogen and oxygen atoms in total. The summed E-state index contributed by atoms with van der Waals surface area (Å²) in [4.78, 5) is 36.6. The number of ether oxygens (including phenoxy) is 3. The molecule has 0 spiro atoms. The van der Waals surface area contributed by atoms with Gasteiger partial charge in [-0.2, -0.15) is 0 Å². The molecule has 0 N–H and O–H groups in total. The Balaban J connectivity index is 3.12. The highest BCUT2D eigenvalue weighted by Gasteiger charge is 2.46. The van der Waals surface area contributed by atoms with Gasteiger partial charge in [0.1, 0.15) is 5.41 Å². The SMILES string of the molecule is C=CCC(CC#CCOC(=O)OC)(C(=O)OCC)C(=O)c1ccccc1. The second kappa shape index (κ2) is 10.7. The fourth-order valence-corrected chi connectivity index (χ4v) is 2.29. The summed E-state index contributed by atoms with van der Waals surface area (Å²) in [5.74, 6) is 4.28. The highest BCUT2D eigenvalue weighted by molar-refractivity contribution is 6.12. The Hall–Kier alpha value is -3.07. The standard InChI is InChI=1S/C20H22O6/c1-4-13-20(18(22)25-5-2,14-9-10-15-26-19(23)24-3)17(21)16-11-7-6-8-12-16/h4,6-8,11-12H,1,5,13-15H2,2-3H3. The van der Waals surface area contributed by atoms with Gasteiger partial charge in [-0.1, -0.05) is 48.2 Å². The first-order valence-electron chi connectivity index (χ1n) is 8.06. The molecule has 0 amide bonds. The fraction of sp³-hybridized carbons (Fsp3) is 0.350. The zero-order valence-corrected chi connectivity index (χ0v) is 14.9. The van der Waals surface area contributed by atoms with Gasteiger partial charge in [0.25, 0.3) is 0 Å². The van der Waals surface area contributed by atoms with Gasteiger partial charge in [0, 0.05) is 12.0 Å². The van der Waals surface area contributed by atoms with E-state index in [4.69, 9.17) is 4.74 Å². The first-order valence-corrected chi connectivity index (χ1v) is 8.06. The minimum Gasteiger partial charge on any atom is -0.465 e. The van der Waals surface area contributed by atoms with Gasteiger partial charge in [-0.15, -0.1) is 6.58 Å². The van der Waals surface area contributed by atoms with Crippen LogP contribution in [0.15, 0.2) is 43.0 Å². The van der Waals surface area contributed by atoms with E-state index >= 15 is 0 Å². The van der Waals surface area contributed by atoms with Crippen molar-refractivity contribution in [2.45, 2.75) is 19.8 Å². The van der Waals surface area contributed by atoms with E-state index in [0.29, 0.717) is 5.56 Å². The summed E-state index contributed by atoms with van der Waals surface area (Å²) in [5.41, 5.74) is -1.12. The van der Waals surface area contributed by atoms with Crippen LogP contribution in [0, 0.1) is 17.3 Å². The number of hydrogen-bond donors (Lipinski definition) is 0. The van der Waals surface area contributed by atoms with Gasteiger partial charge in [0.2, 0.25) is 0 Å². The third-order valence-corrected chi connectivity index (χ3v) is 3.57. The summed E-state index contributed by atoms with van der Waals surface area (Å²) in [6, 6.07) is 8.47. The van der Waals surface area contributed by atoms with Crippen LogP contribution in [0.2, 0.25) is 0 Å². The molecule has 1 rings (SSSR count). The lowest BCUT2D eigenvalue weighted by Gasteiger charge is -2.27. The predicted octanol–water partition coefficient (Wildman–Crippen LogP) is 3.17. The molecule has 0 radical (unpaired) electrons. The maximum Gasteiger partial charge on any atom is 0.508 e. The molecule has 0 bridgehead atoms. The zero-order valence-electron chi connectivity index (χ0n) is 14.9. The largest absolute Gasteiger partial charge is 0.508 e. The van der Waals surface area contributed by atoms with E-state index in [-0.39, 0.29) is 31.8 Å². The summed E-state index contributed by atoms with van der Waals surface area (Å²) >= 11 is 0. The van der Waals surface area contributed by atoms with Crippen LogP contribution >= 0.6 is 0 Å². The van der Waals surface area contributed by atoms with Crippen molar-refractivity contribution in [3.63, 3.8) is 0 Å². The number of Topliss-reactive ketones (excluding diaryl/α,β-unsaturated/α-hetero) is 1. The van der Waals surface area contributed by atoms with Gasteiger partial charge in [-0.25, -0.2) is 4.79 Å². The summed E-state index contributed by atoms with van der Waals surface area (Å²) in [6.45, 7) is 5.24. The zero-order chi connectivity index (χ0) is 19.4. The number of allylic oxidation sites excluding steroid dienone is 1. The summed E-state index contributed by atoms with van der Waals surface area (Å²) in [7, 11) is 1.18. The maximum atomic E-state index is 13.1. The van der Waals surface area contributed by atoms with Crippen molar-refractivity contribution in [3.8, 4) is 11.8 Å². The van der Waals surface area contributed by atoms with Crippen LogP contribution in [0.3, 0.4) is 0 Å². The number of carbonyl (C=O) groups excluding carboxylic acids is 3. The molecule has 6 heteroatoms. The monoisotopic (exact) mass is 358 g/mol. The van der Waals surface area contributed by atoms with Crippen LogP contribution in [0.4, 0.5) is 4.79 Å². The van der Waals surface area contributed by atoms with Crippen molar-refractivity contribution < 1.29 is 28.6 Å². The molecule has 1 aromatic carbocycles. The van der Waals surface area contributed by atoms with Crippen LogP contribution < -0.4 is 0 Å². The second-order valence-electron chi connectivity index (χ2n) is 5.26. The van der Waals surface area contributed by atoms with E-state index in [2.05, 4.69) is 27.9 Å². The average molecular weight is 358 g/mol. The number of carbonyl (C=O) groups is 3. The summed E-state index contributed by atoms with van der Waals surface area (Å²) < 4.78 is 14.1. The molecule has 1 atom stereocenters. The van der Waals surface area contributed by atoms with Crippen molar-refractivity contribution in [1.29, 1.82) is 0 Å². The molecule has 138 valence electrons. The molecule has 1 aromatic rings. The van der Waals surface area contributed by atoms with Crippen LogP contribution in [-0.2, 0) is 19.0 Å². The van der Waals surface area contributed by atoms with E-state index in [1.165, 1.54) is 13.2 Å². The number of methoxy groups -OCH3 is 1. The molecule has 26 heavy (non-hydrogen) atoms. The molecule has 0 saturated heterocycles. The lowest BCUT2D eigenvalue weighted by atomic mass is 9.75. The lowest BCUT2D eigenvalue weighted by molar-refractivity contribution is -0.152. The second-order valence-corrected chi connectivity index (χ2v) is 5.26. The van der Waals surface area contributed by atoms with E-state index in [9.17, 15) is 14.4 Å². The predicted molar refractivity (Wildman–Crippen MR) is 95.4 cm³/mol. The smallest absolute Gasteiger partial charge is 0.465 e. The Morgan fingerprint density at radius 2 is 1.85 bits per heavy atom. The van der Waals surface area contributed by atoms with Crippen LogP contribution in [-0.4, -0.2) is 38.2 Å². The first-order chi connectivity index (χ1) is 12.5. The minimum atomic E-state index is -1.50. The summed E-state index contributed by atoms with van der Waals surface area (Å²) in [6.07, 6.45) is 0.620. The number of rotatable bonds is 8. The molecular weight excluding hydrogens is 336 g/mol. The Kier molecular flexibility index (Phi) is 8.65. The highest BCUT2D eigenvalue weighted by Crippen LogP contribution is 2.33. The van der Waals surface area contributed by atoms with Gasteiger partial charge < -0.3 is 14.2 Å². The normalized spacial score (nSPS) is 11.9. The molecule has 0 heterocycles. The topological polar surface area (TPSA) is 78.9 Å². The highest BCUT2D eigenvalue weighted by atomic mass is 16.7. The van der Waals surface area contributed by atoms with E-state index in [1.54, 1.807) is 37.3 Å². The molecule has 0 aromatic heterocycles. The molecule has 1 unspecified atom stereocenters. The van der Waals surface area contributed by atoms with Crippen molar-refractivity contribution in [3.05, 3.63) is 48.6 Å². The number of hydrogen-bond acceptors (Lipinski definition) is 6. The van der Waals surface area contributed by atoms with Gasteiger partial charge in [-0.3, -0.25) is 9.59 Å². The third kappa shape index (κ3) is 5.49. The maximum absolute atomic E-state index is 13.1. The average Bonchev–Trinajstić information content (AvgIpc) is 2.66. The van der Waals surface area contributed by atoms with Crippen molar-refractivity contribution in [2.24, 2.45) is 5.41 Å². The number of benzene rings is 1. The Bertz CT molecular complexity index is 698. The quantitative estimate of drug-likeness (QED) is 0.233. The lowest BCUT2D eigenvalue weighted by Crippen LogP contribution is -2.40. The molecule has 0 aliphatic rings. The first kappa shape index (κ1) is 21.0. The van der Waals surface area contributed by atoms with Crippen LogP contribution in [0.5, 0.6) is 0 Å². The number of esters is 1. The Morgan fingerprint density at radius 1 is 1.15 bits per heavy atom. The summed E-state index contributed by atoms with van der Waals surface area (Å²) in [5, 5.41) is 0. The van der Waals surface area contributed by atoms with Crippen molar-refractivity contribution >= 4 is 17.9 Å². The Morgan fingerprint density at radius 3 is 2.42 bits per heavy atom. The van der Waals surface area contributed by atoms with Crippen molar-refractivity contribution in [2.75, 3.05) is 20.3 Å². The minimum absolute atomic E-state index is 0.0755. The fourth-order valence-electron chi connectivity index (χ4n) is 2.29. The molecule has 0 aliphatic heterocycles. The van der Waals surface area contributed by atoms with E-state index in [1.807, 2.05) is 0 Å². The molecular formula is C20H22O6. The van der Waals surface area contributed by atoms with Crippen molar-refractivity contribution in [1.82, 2.24) is 0 Å². The van der Waals surface area contributed by atoms with Gasteiger partial charge >= 0.3 is 12.1 Å². The third-order valence-electron chi connectivity index (χ3n) is 3.57. The molecule has 0 saturated carbocycles. The van der Waals surface area contributed by atoms with Gasteiger partial charge in [0.05, 0.1) is 13.7 Å².